The number of anilines is 1. The average molecular weight is 434 g/mol. The predicted molar refractivity (Wildman–Crippen MR) is 123 cm³/mol. The Morgan fingerprint density at radius 2 is 1.75 bits per heavy atom. The van der Waals surface area contributed by atoms with E-state index in [1.165, 1.54) is 30.3 Å². The lowest BCUT2D eigenvalue weighted by Crippen LogP contribution is -2.41. The van der Waals surface area contributed by atoms with Gasteiger partial charge in [0.25, 0.3) is 0 Å². The topological polar surface area (TPSA) is 66.3 Å². The average Bonchev–Trinajstić information content (AvgIpc) is 2.83. The molecule has 2 heterocycles. The lowest BCUT2D eigenvalue weighted by atomic mass is 9.96. The molecular weight excluding hydrogens is 405 g/mol. The van der Waals surface area contributed by atoms with Gasteiger partial charge in [0.15, 0.2) is 0 Å². The number of carboxylic acid groups (broad SMARTS) is 1. The van der Waals surface area contributed by atoms with Gasteiger partial charge in [0, 0.05) is 18.8 Å². The van der Waals surface area contributed by atoms with Gasteiger partial charge in [-0.3, -0.25) is 0 Å². The van der Waals surface area contributed by atoms with E-state index < -0.39 is 5.97 Å². The van der Waals surface area contributed by atoms with E-state index >= 15 is 0 Å². The van der Waals surface area contributed by atoms with Crippen LogP contribution in [0.1, 0.15) is 52.9 Å². The molecule has 1 N–H and O–H groups in total. The highest BCUT2D eigenvalue weighted by Crippen LogP contribution is 2.26. The number of hydrogen-bond donors (Lipinski definition) is 1. The SMILES string of the molecule is O=C(O)c1cnc(N2CCCCC2CCc2ccccc2)nc1CCc1ccc(F)cc1. The molecule has 2 aromatic carbocycles. The highest BCUT2D eigenvalue weighted by Gasteiger charge is 2.26. The van der Waals surface area contributed by atoms with E-state index in [4.69, 9.17) is 4.98 Å². The zero-order chi connectivity index (χ0) is 22.3. The van der Waals surface area contributed by atoms with Crippen molar-refractivity contribution in [2.24, 2.45) is 0 Å². The van der Waals surface area contributed by atoms with E-state index in [9.17, 15) is 14.3 Å². The molecule has 1 aliphatic rings. The number of aromatic nitrogens is 2. The second-order valence-corrected chi connectivity index (χ2v) is 8.33. The summed E-state index contributed by atoms with van der Waals surface area (Å²) in [5, 5.41) is 9.62. The first-order chi connectivity index (χ1) is 15.6. The fourth-order valence-electron chi connectivity index (χ4n) is 4.37. The molecule has 0 spiro atoms. The second kappa shape index (κ2) is 10.4. The first-order valence-corrected chi connectivity index (χ1v) is 11.2. The van der Waals surface area contributed by atoms with Crippen LogP contribution < -0.4 is 4.90 Å². The number of aryl methyl sites for hydroxylation is 3. The molecule has 32 heavy (non-hydrogen) atoms. The first-order valence-electron chi connectivity index (χ1n) is 11.2. The first kappa shape index (κ1) is 21.9. The summed E-state index contributed by atoms with van der Waals surface area (Å²) in [6.07, 6.45) is 7.85. The maximum atomic E-state index is 13.2. The van der Waals surface area contributed by atoms with Gasteiger partial charge < -0.3 is 10.0 Å². The molecule has 1 aromatic heterocycles. The molecule has 0 bridgehead atoms. The maximum absolute atomic E-state index is 13.2. The molecule has 4 rings (SSSR count). The minimum Gasteiger partial charge on any atom is -0.478 e. The van der Waals surface area contributed by atoms with Crippen molar-refractivity contribution in [2.75, 3.05) is 11.4 Å². The third kappa shape index (κ3) is 5.49. The lowest BCUT2D eigenvalue weighted by molar-refractivity contribution is 0.0694. The van der Waals surface area contributed by atoms with Gasteiger partial charge in [0.2, 0.25) is 5.95 Å². The number of carbonyl (C=O) groups is 1. The van der Waals surface area contributed by atoms with Crippen LogP contribution in [0, 0.1) is 5.82 Å². The molecule has 166 valence electrons. The summed E-state index contributed by atoms with van der Waals surface area (Å²) in [7, 11) is 0. The van der Waals surface area contributed by atoms with Crippen LogP contribution in [0.3, 0.4) is 0 Å². The van der Waals surface area contributed by atoms with Crippen LogP contribution in [0.5, 0.6) is 0 Å². The van der Waals surface area contributed by atoms with Crippen molar-refractivity contribution < 1.29 is 14.3 Å². The van der Waals surface area contributed by atoms with Gasteiger partial charge in [0.1, 0.15) is 5.82 Å². The van der Waals surface area contributed by atoms with Crippen LogP contribution in [-0.4, -0.2) is 33.6 Å². The number of carboxylic acids is 1. The molecule has 0 amide bonds. The molecule has 1 unspecified atom stereocenters. The van der Waals surface area contributed by atoms with Crippen molar-refractivity contribution in [3.63, 3.8) is 0 Å². The summed E-state index contributed by atoms with van der Waals surface area (Å²) in [5.74, 6) is -0.692. The van der Waals surface area contributed by atoms with Gasteiger partial charge in [-0.05, 0) is 68.2 Å². The monoisotopic (exact) mass is 433 g/mol. The van der Waals surface area contributed by atoms with Crippen molar-refractivity contribution in [2.45, 2.75) is 51.0 Å². The minimum absolute atomic E-state index is 0.133. The Labute approximate surface area is 188 Å². The molecule has 5 nitrogen and oxygen atoms in total. The van der Waals surface area contributed by atoms with E-state index in [0.717, 1.165) is 37.8 Å². The van der Waals surface area contributed by atoms with Crippen LogP contribution in [0.25, 0.3) is 0 Å². The number of nitrogens with zero attached hydrogens (tertiary/aromatic N) is 3. The van der Waals surface area contributed by atoms with Gasteiger partial charge >= 0.3 is 5.97 Å². The molecule has 1 saturated heterocycles. The Morgan fingerprint density at radius 1 is 1.00 bits per heavy atom. The number of hydrogen-bond acceptors (Lipinski definition) is 4. The van der Waals surface area contributed by atoms with Crippen LogP contribution in [0.2, 0.25) is 0 Å². The molecule has 1 fully saturated rings. The second-order valence-electron chi connectivity index (χ2n) is 8.33. The summed E-state index contributed by atoms with van der Waals surface area (Å²) in [4.78, 5) is 23.2. The van der Waals surface area contributed by atoms with Crippen molar-refractivity contribution in [3.05, 3.63) is 89.0 Å². The summed E-state index contributed by atoms with van der Waals surface area (Å²) < 4.78 is 13.2. The molecule has 0 aliphatic carbocycles. The Bertz CT molecular complexity index is 1040. The predicted octanol–water partition coefficient (Wildman–Crippen LogP) is 5.09. The quantitative estimate of drug-likeness (QED) is 0.536. The zero-order valence-electron chi connectivity index (χ0n) is 18.1. The highest BCUT2D eigenvalue weighted by atomic mass is 19.1. The van der Waals surface area contributed by atoms with E-state index in [1.54, 1.807) is 12.1 Å². The van der Waals surface area contributed by atoms with Gasteiger partial charge in [0.05, 0.1) is 11.3 Å². The van der Waals surface area contributed by atoms with Gasteiger partial charge in [-0.2, -0.15) is 0 Å². The van der Waals surface area contributed by atoms with Gasteiger partial charge in [-0.15, -0.1) is 0 Å². The number of piperidine rings is 1. The molecule has 0 saturated carbocycles. The Kier molecular flexibility index (Phi) is 7.10. The van der Waals surface area contributed by atoms with Gasteiger partial charge in [-0.25, -0.2) is 19.2 Å². The van der Waals surface area contributed by atoms with E-state index in [0.29, 0.717) is 30.5 Å². The molecule has 6 heteroatoms. The maximum Gasteiger partial charge on any atom is 0.339 e. The standard InChI is InChI=1S/C26H28FN3O2/c27-21-13-9-20(10-14-21)12-16-24-23(25(31)32)18-28-26(29-24)30-17-5-4-8-22(30)15-11-19-6-2-1-3-7-19/h1-3,6-7,9-10,13-14,18,22H,4-5,8,11-12,15-17H2,(H,31,32). The van der Waals surface area contributed by atoms with E-state index in [2.05, 4.69) is 34.1 Å². The fraction of sp³-hybridized carbons (Fsp3) is 0.346. The molecule has 3 aromatic rings. The minimum atomic E-state index is -1.02. The number of aromatic carboxylic acids is 1. The number of rotatable bonds is 8. The van der Waals surface area contributed by atoms with Crippen LogP contribution >= 0.6 is 0 Å². The van der Waals surface area contributed by atoms with Crippen molar-refractivity contribution in [3.8, 4) is 0 Å². The number of halogens is 1. The third-order valence-electron chi connectivity index (χ3n) is 6.14. The highest BCUT2D eigenvalue weighted by molar-refractivity contribution is 5.88. The van der Waals surface area contributed by atoms with Crippen molar-refractivity contribution in [1.82, 2.24) is 9.97 Å². The summed E-state index contributed by atoms with van der Waals surface area (Å²) in [6.45, 7) is 0.878. The fourth-order valence-corrected chi connectivity index (χ4v) is 4.37. The lowest BCUT2D eigenvalue weighted by Gasteiger charge is -2.36. The molecule has 1 atom stereocenters. The Hall–Kier alpha value is -3.28. The summed E-state index contributed by atoms with van der Waals surface area (Å²) >= 11 is 0. The smallest absolute Gasteiger partial charge is 0.339 e. The van der Waals surface area contributed by atoms with Crippen molar-refractivity contribution >= 4 is 11.9 Å². The largest absolute Gasteiger partial charge is 0.478 e. The summed E-state index contributed by atoms with van der Waals surface area (Å²) in [5.41, 5.74) is 2.93. The Balaban J connectivity index is 1.52. The van der Waals surface area contributed by atoms with Crippen LogP contribution in [0.15, 0.2) is 60.8 Å². The van der Waals surface area contributed by atoms with E-state index in [-0.39, 0.29) is 11.4 Å². The third-order valence-corrected chi connectivity index (χ3v) is 6.14. The number of benzene rings is 2. The zero-order valence-corrected chi connectivity index (χ0v) is 18.1. The molecule has 1 aliphatic heterocycles. The molecule has 0 radical (unpaired) electrons. The Morgan fingerprint density at radius 3 is 2.50 bits per heavy atom. The summed E-state index contributed by atoms with van der Waals surface area (Å²) in [6, 6.07) is 17.1. The van der Waals surface area contributed by atoms with Gasteiger partial charge in [-0.1, -0.05) is 42.5 Å². The van der Waals surface area contributed by atoms with Crippen LogP contribution in [0.4, 0.5) is 10.3 Å². The van der Waals surface area contributed by atoms with E-state index in [1.807, 2.05) is 6.07 Å². The van der Waals surface area contributed by atoms with Crippen LogP contribution in [-0.2, 0) is 19.3 Å². The normalized spacial score (nSPS) is 16.2. The van der Waals surface area contributed by atoms with Crippen molar-refractivity contribution in [1.29, 1.82) is 0 Å². The molecular formula is C26H28FN3O2.